The number of rotatable bonds is 3. The van der Waals surface area contributed by atoms with Crippen molar-refractivity contribution >= 4 is 5.69 Å². The number of hydrogen-bond acceptors (Lipinski definition) is 4. The second-order valence-electron chi connectivity index (χ2n) is 4.38. The molecule has 0 bridgehead atoms. The maximum Gasteiger partial charge on any atom is 0.162 e. The fourth-order valence-electron chi connectivity index (χ4n) is 1.84. The van der Waals surface area contributed by atoms with Crippen LogP contribution in [0.15, 0.2) is 30.3 Å². The Morgan fingerprint density at radius 2 is 2.05 bits per heavy atom. The maximum absolute atomic E-state index is 13.6. The number of aromatic hydroxyl groups is 2. The van der Waals surface area contributed by atoms with Gasteiger partial charge in [0, 0.05) is 23.4 Å². The number of hydrogen-bond donors (Lipinski definition) is 3. The number of phenolic OH excluding ortho intramolecular Hbond substituents is 2. The van der Waals surface area contributed by atoms with Gasteiger partial charge in [-0.3, -0.25) is 0 Å². The van der Waals surface area contributed by atoms with E-state index in [4.69, 9.17) is 5.26 Å². The Bertz CT molecular complexity index is 693. The van der Waals surface area contributed by atoms with E-state index in [1.54, 1.807) is 19.1 Å². The van der Waals surface area contributed by atoms with Crippen molar-refractivity contribution in [2.24, 2.45) is 0 Å². The fraction of sp³-hybridized carbons (Fsp3) is 0.133. The normalized spacial score (nSPS) is 10.1. The molecule has 0 radical (unpaired) electrons. The standard InChI is InChI=1S/C15H13FN2O2/c1-9-12(16)5-10(7-17)6-13(9)18-8-11-3-2-4-14(19)15(11)20/h2-6,18-20H,8H2,1H3. The van der Waals surface area contributed by atoms with Crippen molar-refractivity contribution in [1.29, 1.82) is 5.26 Å². The van der Waals surface area contributed by atoms with Crippen molar-refractivity contribution in [1.82, 2.24) is 0 Å². The molecule has 0 aliphatic rings. The van der Waals surface area contributed by atoms with Gasteiger partial charge in [-0.05, 0) is 25.1 Å². The molecule has 0 saturated carbocycles. The number of nitrogens with one attached hydrogen (secondary N) is 1. The van der Waals surface area contributed by atoms with Gasteiger partial charge in [0.1, 0.15) is 5.82 Å². The fourth-order valence-corrected chi connectivity index (χ4v) is 1.84. The predicted octanol–water partition coefficient (Wildman–Crippen LogP) is 3.03. The molecule has 0 amide bonds. The summed E-state index contributed by atoms with van der Waals surface area (Å²) in [5, 5.41) is 30.9. The number of phenols is 2. The van der Waals surface area contributed by atoms with E-state index in [1.807, 2.05) is 6.07 Å². The molecule has 2 aromatic carbocycles. The van der Waals surface area contributed by atoms with Gasteiger partial charge in [-0.2, -0.15) is 5.26 Å². The predicted molar refractivity (Wildman–Crippen MR) is 73.0 cm³/mol. The molecule has 0 aliphatic carbocycles. The molecule has 102 valence electrons. The topological polar surface area (TPSA) is 76.3 Å². The number of nitriles is 1. The Kier molecular flexibility index (Phi) is 3.76. The molecule has 0 saturated heterocycles. The summed E-state index contributed by atoms with van der Waals surface area (Å²) in [6, 6.07) is 9.22. The zero-order valence-corrected chi connectivity index (χ0v) is 10.8. The summed E-state index contributed by atoms with van der Waals surface area (Å²) in [5.74, 6) is -0.890. The van der Waals surface area contributed by atoms with Crippen LogP contribution in [-0.2, 0) is 6.54 Å². The van der Waals surface area contributed by atoms with E-state index in [1.165, 1.54) is 18.2 Å². The van der Waals surface area contributed by atoms with Gasteiger partial charge in [-0.15, -0.1) is 0 Å². The molecule has 20 heavy (non-hydrogen) atoms. The molecular formula is C15H13FN2O2. The Hall–Kier alpha value is -2.74. The van der Waals surface area contributed by atoms with Crippen LogP contribution in [0.5, 0.6) is 11.5 Å². The first-order valence-electron chi connectivity index (χ1n) is 5.97. The first-order chi connectivity index (χ1) is 9.52. The summed E-state index contributed by atoms with van der Waals surface area (Å²) in [5.41, 5.74) is 1.57. The smallest absolute Gasteiger partial charge is 0.162 e. The summed E-state index contributed by atoms with van der Waals surface area (Å²) < 4.78 is 13.6. The first kappa shape index (κ1) is 13.7. The summed E-state index contributed by atoms with van der Waals surface area (Å²) in [4.78, 5) is 0. The molecule has 2 rings (SSSR count). The van der Waals surface area contributed by atoms with Gasteiger partial charge in [0.25, 0.3) is 0 Å². The Labute approximate surface area is 115 Å². The summed E-state index contributed by atoms with van der Waals surface area (Å²) in [6.07, 6.45) is 0. The highest BCUT2D eigenvalue weighted by atomic mass is 19.1. The second-order valence-corrected chi connectivity index (χ2v) is 4.38. The van der Waals surface area contributed by atoms with Crippen LogP contribution >= 0.6 is 0 Å². The molecule has 0 aromatic heterocycles. The number of nitrogens with zero attached hydrogens (tertiary/aromatic N) is 1. The van der Waals surface area contributed by atoms with E-state index in [9.17, 15) is 14.6 Å². The quantitative estimate of drug-likeness (QED) is 0.751. The van der Waals surface area contributed by atoms with Crippen molar-refractivity contribution in [3.05, 3.63) is 52.8 Å². The Morgan fingerprint density at radius 1 is 1.30 bits per heavy atom. The Morgan fingerprint density at radius 3 is 2.75 bits per heavy atom. The summed E-state index contributed by atoms with van der Waals surface area (Å²) >= 11 is 0. The van der Waals surface area contributed by atoms with E-state index in [-0.39, 0.29) is 23.6 Å². The number of benzene rings is 2. The van der Waals surface area contributed by atoms with Crippen LogP contribution < -0.4 is 5.32 Å². The first-order valence-corrected chi connectivity index (χ1v) is 5.97. The molecule has 2 aromatic rings. The van der Waals surface area contributed by atoms with E-state index in [0.717, 1.165) is 0 Å². The largest absolute Gasteiger partial charge is 0.504 e. The minimum atomic E-state index is -0.466. The van der Waals surface area contributed by atoms with Gasteiger partial charge >= 0.3 is 0 Å². The highest BCUT2D eigenvalue weighted by molar-refractivity contribution is 5.57. The van der Waals surface area contributed by atoms with Crippen LogP contribution in [0.3, 0.4) is 0 Å². The summed E-state index contributed by atoms with van der Waals surface area (Å²) in [7, 11) is 0. The minimum Gasteiger partial charge on any atom is -0.504 e. The lowest BCUT2D eigenvalue weighted by Crippen LogP contribution is -2.03. The SMILES string of the molecule is Cc1c(F)cc(C#N)cc1NCc1cccc(O)c1O. The number of halogens is 1. The molecule has 0 atom stereocenters. The van der Waals surface area contributed by atoms with Gasteiger partial charge < -0.3 is 15.5 Å². The third kappa shape index (κ3) is 2.64. The molecule has 0 fully saturated rings. The third-order valence-electron chi connectivity index (χ3n) is 3.04. The molecule has 0 spiro atoms. The van der Waals surface area contributed by atoms with Crippen molar-refractivity contribution in [3.8, 4) is 17.6 Å². The van der Waals surface area contributed by atoms with Crippen LogP contribution in [0.1, 0.15) is 16.7 Å². The van der Waals surface area contributed by atoms with Gasteiger partial charge in [0.2, 0.25) is 0 Å². The Balaban J connectivity index is 2.25. The number of para-hydroxylation sites is 1. The number of anilines is 1. The molecule has 0 unspecified atom stereocenters. The second kappa shape index (κ2) is 5.49. The van der Waals surface area contributed by atoms with Crippen LogP contribution in [0.25, 0.3) is 0 Å². The lowest BCUT2D eigenvalue weighted by Gasteiger charge is -2.12. The average Bonchev–Trinajstić information content (AvgIpc) is 2.44. The minimum absolute atomic E-state index is 0.204. The van der Waals surface area contributed by atoms with Crippen molar-refractivity contribution in [2.45, 2.75) is 13.5 Å². The lowest BCUT2D eigenvalue weighted by molar-refractivity contribution is 0.400. The van der Waals surface area contributed by atoms with Crippen LogP contribution in [-0.4, -0.2) is 10.2 Å². The van der Waals surface area contributed by atoms with E-state index in [0.29, 0.717) is 16.8 Å². The molecule has 0 aliphatic heterocycles. The zero-order chi connectivity index (χ0) is 14.7. The zero-order valence-electron chi connectivity index (χ0n) is 10.8. The summed E-state index contributed by atoms with van der Waals surface area (Å²) in [6.45, 7) is 1.80. The molecule has 0 heterocycles. The molecule has 3 N–H and O–H groups in total. The van der Waals surface area contributed by atoms with Crippen molar-refractivity contribution < 1.29 is 14.6 Å². The van der Waals surface area contributed by atoms with E-state index >= 15 is 0 Å². The van der Waals surface area contributed by atoms with Crippen molar-refractivity contribution in [2.75, 3.05) is 5.32 Å². The highest BCUT2D eigenvalue weighted by Crippen LogP contribution is 2.29. The molecule has 5 heteroatoms. The van der Waals surface area contributed by atoms with Gasteiger partial charge in [0.05, 0.1) is 11.6 Å². The van der Waals surface area contributed by atoms with Gasteiger partial charge in [-0.1, -0.05) is 12.1 Å². The van der Waals surface area contributed by atoms with E-state index in [2.05, 4.69) is 5.32 Å². The maximum atomic E-state index is 13.6. The van der Waals surface area contributed by atoms with Crippen molar-refractivity contribution in [3.63, 3.8) is 0 Å². The van der Waals surface area contributed by atoms with Gasteiger partial charge in [0.15, 0.2) is 11.5 Å². The van der Waals surface area contributed by atoms with Crippen LogP contribution in [0.4, 0.5) is 10.1 Å². The monoisotopic (exact) mass is 272 g/mol. The third-order valence-corrected chi connectivity index (χ3v) is 3.04. The van der Waals surface area contributed by atoms with Crippen LogP contribution in [0, 0.1) is 24.1 Å². The van der Waals surface area contributed by atoms with Gasteiger partial charge in [-0.25, -0.2) is 4.39 Å². The lowest BCUT2D eigenvalue weighted by atomic mass is 10.1. The highest BCUT2D eigenvalue weighted by Gasteiger charge is 2.09. The van der Waals surface area contributed by atoms with Crippen LogP contribution in [0.2, 0.25) is 0 Å². The van der Waals surface area contributed by atoms with E-state index < -0.39 is 5.82 Å². The molecule has 4 nitrogen and oxygen atoms in total. The average molecular weight is 272 g/mol. The molecular weight excluding hydrogens is 259 g/mol.